The fourth-order valence-corrected chi connectivity index (χ4v) is 3.45. The number of morpholine rings is 1. The van der Waals surface area contributed by atoms with Gasteiger partial charge < -0.3 is 15.4 Å². The highest BCUT2D eigenvalue weighted by atomic mass is 19.4. The number of alkyl halides is 5. The summed E-state index contributed by atoms with van der Waals surface area (Å²) in [5.41, 5.74) is -1.000. The summed E-state index contributed by atoms with van der Waals surface area (Å²) in [5, 5.41) is 6.00. The fraction of sp³-hybridized carbons (Fsp3) is 0.524. The highest BCUT2D eigenvalue weighted by Gasteiger charge is 2.35. The standard InChI is InChI=1S/C21H24F5N3O2/c1-12-7-17(19(30)28-10-14-11-31-6-5-27-14)29-18-15(12)8-13(3-4-20(2,22)23)9-16(18)21(24,25)26/h7-9,14,27H,3-6,10-11H2,1-2H3,(H,28,30). The van der Waals surface area contributed by atoms with Crippen molar-refractivity contribution in [2.75, 3.05) is 26.3 Å². The number of hydrogen-bond donors (Lipinski definition) is 2. The molecule has 31 heavy (non-hydrogen) atoms. The SMILES string of the molecule is Cc1cc(C(=O)NCC2COCCN2)nc2c(C(F)(F)F)cc(CCC(C)(F)F)cc12. The first kappa shape index (κ1) is 23.3. The van der Waals surface area contributed by atoms with Gasteiger partial charge in [-0.2, -0.15) is 13.2 Å². The summed E-state index contributed by atoms with van der Waals surface area (Å²) in [4.78, 5) is 16.5. The van der Waals surface area contributed by atoms with Gasteiger partial charge in [-0.15, -0.1) is 0 Å². The average molecular weight is 445 g/mol. The van der Waals surface area contributed by atoms with Gasteiger partial charge in [-0.05, 0) is 49.6 Å². The maximum Gasteiger partial charge on any atom is 0.418 e. The van der Waals surface area contributed by atoms with Crippen LogP contribution in [0.3, 0.4) is 0 Å². The largest absolute Gasteiger partial charge is 0.418 e. The molecule has 2 N–H and O–H groups in total. The normalized spacial score (nSPS) is 17.7. The molecule has 3 rings (SSSR count). The minimum Gasteiger partial charge on any atom is -0.378 e. The van der Waals surface area contributed by atoms with Crippen molar-refractivity contribution in [2.45, 2.75) is 44.8 Å². The summed E-state index contributed by atoms with van der Waals surface area (Å²) in [7, 11) is 0. The van der Waals surface area contributed by atoms with Crippen LogP contribution in [0, 0.1) is 6.92 Å². The number of halogens is 5. The molecule has 1 aliphatic heterocycles. The molecule has 0 saturated carbocycles. The van der Waals surface area contributed by atoms with Gasteiger partial charge in [0.05, 0.1) is 24.3 Å². The van der Waals surface area contributed by atoms with Crippen LogP contribution >= 0.6 is 0 Å². The van der Waals surface area contributed by atoms with Gasteiger partial charge in [-0.3, -0.25) is 4.79 Å². The van der Waals surface area contributed by atoms with E-state index >= 15 is 0 Å². The quantitative estimate of drug-likeness (QED) is 0.663. The Morgan fingerprint density at radius 3 is 2.61 bits per heavy atom. The van der Waals surface area contributed by atoms with Crippen LogP contribution in [0.5, 0.6) is 0 Å². The molecule has 1 fully saturated rings. The van der Waals surface area contributed by atoms with Crippen LogP contribution in [0.2, 0.25) is 0 Å². The Hall–Kier alpha value is -2.33. The summed E-state index contributed by atoms with van der Waals surface area (Å²) in [5.74, 6) is -3.58. The van der Waals surface area contributed by atoms with Gasteiger partial charge in [0.2, 0.25) is 5.92 Å². The Morgan fingerprint density at radius 2 is 2.00 bits per heavy atom. The Labute approximate surface area is 176 Å². The van der Waals surface area contributed by atoms with Gasteiger partial charge in [0.15, 0.2) is 0 Å². The number of fused-ring (bicyclic) bond motifs is 1. The molecule has 0 bridgehead atoms. The van der Waals surface area contributed by atoms with Crippen LogP contribution in [0.15, 0.2) is 18.2 Å². The molecule has 1 aliphatic rings. The number of carbonyl (C=O) groups excluding carboxylic acids is 1. The number of nitrogens with one attached hydrogen (secondary N) is 2. The van der Waals surface area contributed by atoms with Crippen molar-refractivity contribution in [3.05, 3.63) is 40.6 Å². The number of hydrogen-bond acceptors (Lipinski definition) is 4. The maximum absolute atomic E-state index is 13.7. The summed E-state index contributed by atoms with van der Waals surface area (Å²) in [6.07, 6.45) is -5.52. The molecule has 2 heterocycles. The second kappa shape index (κ2) is 9.04. The number of pyridine rings is 1. The van der Waals surface area contributed by atoms with Gasteiger partial charge in [0.25, 0.3) is 5.91 Å². The number of rotatable bonds is 6. The number of aromatic nitrogens is 1. The molecule has 5 nitrogen and oxygen atoms in total. The van der Waals surface area contributed by atoms with Crippen LogP contribution in [-0.2, 0) is 17.3 Å². The predicted octanol–water partition coefficient (Wildman–Crippen LogP) is 3.87. The van der Waals surface area contributed by atoms with Crippen molar-refractivity contribution in [3.8, 4) is 0 Å². The lowest BCUT2D eigenvalue weighted by Crippen LogP contribution is -2.48. The zero-order chi connectivity index (χ0) is 22.8. The van der Waals surface area contributed by atoms with Crippen molar-refractivity contribution in [1.29, 1.82) is 0 Å². The summed E-state index contributed by atoms with van der Waals surface area (Å²) < 4.78 is 72.8. The molecule has 1 aromatic carbocycles. The van der Waals surface area contributed by atoms with E-state index in [1.807, 2.05) is 0 Å². The van der Waals surface area contributed by atoms with E-state index in [1.54, 1.807) is 6.92 Å². The van der Waals surface area contributed by atoms with E-state index in [4.69, 9.17) is 4.74 Å². The van der Waals surface area contributed by atoms with Gasteiger partial charge in [-0.1, -0.05) is 0 Å². The molecule has 10 heteroatoms. The fourth-order valence-electron chi connectivity index (χ4n) is 3.45. The molecular formula is C21H24F5N3O2. The maximum atomic E-state index is 13.7. The first-order chi connectivity index (χ1) is 14.4. The molecule has 2 aromatic rings. The zero-order valence-electron chi connectivity index (χ0n) is 17.2. The third-order valence-corrected chi connectivity index (χ3v) is 5.08. The summed E-state index contributed by atoms with van der Waals surface area (Å²) >= 11 is 0. The van der Waals surface area contributed by atoms with E-state index in [2.05, 4.69) is 15.6 Å². The Bertz CT molecular complexity index is 951. The molecule has 1 unspecified atom stereocenters. The zero-order valence-corrected chi connectivity index (χ0v) is 17.2. The highest BCUT2D eigenvalue weighted by molar-refractivity contribution is 5.96. The molecular weight excluding hydrogens is 421 g/mol. The molecule has 1 aromatic heterocycles. The third-order valence-electron chi connectivity index (χ3n) is 5.08. The van der Waals surface area contributed by atoms with Crippen LogP contribution in [0.1, 0.15) is 40.5 Å². The van der Waals surface area contributed by atoms with Gasteiger partial charge >= 0.3 is 6.18 Å². The van der Waals surface area contributed by atoms with Crippen LogP contribution in [-0.4, -0.2) is 49.2 Å². The molecule has 0 spiro atoms. The average Bonchev–Trinajstić information content (AvgIpc) is 2.69. The minimum atomic E-state index is -4.75. The van der Waals surface area contributed by atoms with Gasteiger partial charge in [0, 0.05) is 30.9 Å². The number of ether oxygens (including phenoxy) is 1. The van der Waals surface area contributed by atoms with Crippen molar-refractivity contribution in [1.82, 2.24) is 15.6 Å². The Balaban J connectivity index is 1.92. The van der Waals surface area contributed by atoms with E-state index in [-0.39, 0.29) is 41.2 Å². The number of amides is 1. The monoisotopic (exact) mass is 445 g/mol. The van der Waals surface area contributed by atoms with Crippen molar-refractivity contribution in [2.24, 2.45) is 0 Å². The highest BCUT2D eigenvalue weighted by Crippen LogP contribution is 2.36. The lowest BCUT2D eigenvalue weighted by molar-refractivity contribution is -0.136. The summed E-state index contributed by atoms with van der Waals surface area (Å²) in [6.45, 7) is 4.18. The minimum absolute atomic E-state index is 0.0933. The third kappa shape index (κ3) is 6.10. The van der Waals surface area contributed by atoms with Crippen molar-refractivity contribution >= 4 is 16.8 Å². The predicted molar refractivity (Wildman–Crippen MR) is 105 cm³/mol. The first-order valence-electron chi connectivity index (χ1n) is 9.93. The van der Waals surface area contributed by atoms with Crippen LogP contribution < -0.4 is 10.6 Å². The number of carbonyl (C=O) groups is 1. The Morgan fingerprint density at radius 1 is 1.26 bits per heavy atom. The molecule has 1 amide bonds. The molecule has 0 radical (unpaired) electrons. The first-order valence-corrected chi connectivity index (χ1v) is 9.93. The number of benzene rings is 1. The number of nitrogens with zero attached hydrogens (tertiary/aromatic N) is 1. The lowest BCUT2D eigenvalue weighted by Gasteiger charge is -2.24. The summed E-state index contributed by atoms with van der Waals surface area (Å²) in [6, 6.07) is 3.58. The van der Waals surface area contributed by atoms with Crippen molar-refractivity contribution in [3.63, 3.8) is 0 Å². The molecule has 170 valence electrons. The number of aryl methyl sites for hydroxylation is 2. The molecule has 1 saturated heterocycles. The Kier molecular flexibility index (Phi) is 6.80. The van der Waals surface area contributed by atoms with Crippen LogP contribution in [0.25, 0.3) is 10.9 Å². The van der Waals surface area contributed by atoms with E-state index in [9.17, 15) is 26.7 Å². The van der Waals surface area contributed by atoms with E-state index in [0.29, 0.717) is 25.3 Å². The second-order valence-corrected chi connectivity index (χ2v) is 7.87. The molecule has 1 atom stereocenters. The smallest absolute Gasteiger partial charge is 0.378 e. The topological polar surface area (TPSA) is 63.2 Å². The van der Waals surface area contributed by atoms with Gasteiger partial charge in [-0.25, -0.2) is 13.8 Å². The lowest BCUT2D eigenvalue weighted by atomic mass is 9.97. The van der Waals surface area contributed by atoms with E-state index < -0.39 is 30.0 Å². The van der Waals surface area contributed by atoms with Crippen LogP contribution in [0.4, 0.5) is 22.0 Å². The van der Waals surface area contributed by atoms with E-state index in [0.717, 1.165) is 13.0 Å². The van der Waals surface area contributed by atoms with Gasteiger partial charge in [0.1, 0.15) is 5.69 Å². The second-order valence-electron chi connectivity index (χ2n) is 7.87. The van der Waals surface area contributed by atoms with E-state index in [1.165, 1.54) is 12.1 Å². The van der Waals surface area contributed by atoms with Crippen molar-refractivity contribution < 1.29 is 31.5 Å². The molecule has 0 aliphatic carbocycles.